The van der Waals surface area contributed by atoms with Gasteiger partial charge in [0.1, 0.15) is 6.61 Å². The number of hydrogen-bond donors (Lipinski definition) is 0. The molecule has 136 valence electrons. The molecule has 26 heavy (non-hydrogen) atoms. The lowest BCUT2D eigenvalue weighted by atomic mass is 10.1. The monoisotopic (exact) mass is 354 g/mol. The molecule has 6 heteroatoms. The molecule has 6 nitrogen and oxygen atoms in total. The van der Waals surface area contributed by atoms with E-state index in [0.29, 0.717) is 24.7 Å². The minimum atomic E-state index is -1.18. The molecule has 0 N–H and O–H groups in total. The molecule has 0 bridgehead atoms. The summed E-state index contributed by atoms with van der Waals surface area (Å²) < 4.78 is 11.2. The Morgan fingerprint density at radius 3 is 2.58 bits per heavy atom. The van der Waals surface area contributed by atoms with Crippen LogP contribution in [-0.2, 0) is 22.7 Å². The number of likely N-dealkylation sites (tertiary alicyclic amines) is 1. The van der Waals surface area contributed by atoms with Gasteiger partial charge in [0.2, 0.25) is 5.91 Å². The lowest BCUT2D eigenvalue weighted by Gasteiger charge is -2.18. The normalized spacial score (nSPS) is 16.6. The summed E-state index contributed by atoms with van der Waals surface area (Å²) >= 11 is 0. The van der Waals surface area contributed by atoms with Crippen LogP contribution in [0.25, 0.3) is 0 Å². The Bertz CT molecular complexity index is 790. The van der Waals surface area contributed by atoms with Gasteiger partial charge in [-0.25, -0.2) is 0 Å². The summed E-state index contributed by atoms with van der Waals surface area (Å²) in [5.41, 5.74) is 1.90. The molecular weight excluding hydrogens is 334 g/mol. The van der Waals surface area contributed by atoms with Crippen LogP contribution in [0.15, 0.2) is 48.5 Å². The molecule has 0 saturated carbocycles. The summed E-state index contributed by atoms with van der Waals surface area (Å²) in [4.78, 5) is 24.4. The van der Waals surface area contributed by atoms with E-state index in [2.05, 4.69) is 0 Å². The third-order valence-electron chi connectivity index (χ3n) is 4.39. The number of carboxylic acid groups (broad SMARTS) is 1. The van der Waals surface area contributed by atoms with Gasteiger partial charge in [-0.2, -0.15) is 0 Å². The molecule has 0 unspecified atom stereocenters. The quantitative estimate of drug-likeness (QED) is 0.750. The van der Waals surface area contributed by atoms with Gasteiger partial charge < -0.3 is 24.3 Å². The van der Waals surface area contributed by atoms with Crippen molar-refractivity contribution in [3.05, 3.63) is 59.7 Å². The number of ether oxygens (including phenoxy) is 2. The number of methoxy groups -OCH3 is 1. The number of amides is 1. The number of aliphatic carboxylic acids is 1. The minimum absolute atomic E-state index is 0.00224. The van der Waals surface area contributed by atoms with Crippen LogP contribution in [0.1, 0.15) is 17.5 Å². The van der Waals surface area contributed by atoms with Crippen LogP contribution in [0, 0.1) is 5.92 Å². The number of hydrogen-bond acceptors (Lipinski definition) is 5. The number of carbonyl (C=O) groups excluding carboxylic acids is 2. The van der Waals surface area contributed by atoms with Crippen LogP contribution in [-0.4, -0.2) is 30.4 Å². The van der Waals surface area contributed by atoms with Crippen molar-refractivity contribution in [2.45, 2.75) is 19.6 Å². The fraction of sp³-hybridized carbons (Fsp3) is 0.300. The van der Waals surface area contributed by atoms with Gasteiger partial charge in [-0.15, -0.1) is 0 Å². The molecule has 1 fully saturated rings. The van der Waals surface area contributed by atoms with Crippen LogP contribution in [0.2, 0.25) is 0 Å². The minimum Gasteiger partial charge on any atom is -0.550 e. The summed E-state index contributed by atoms with van der Waals surface area (Å²) in [7, 11) is 1.56. The maximum Gasteiger partial charge on any atom is 0.223 e. The number of carboxylic acids is 1. The van der Waals surface area contributed by atoms with Gasteiger partial charge in [-0.05, 0) is 23.3 Å². The Balaban J connectivity index is 1.66. The first kappa shape index (κ1) is 17.8. The lowest BCUT2D eigenvalue weighted by molar-refractivity contribution is -0.311. The van der Waals surface area contributed by atoms with E-state index < -0.39 is 11.9 Å². The van der Waals surface area contributed by atoms with E-state index in [0.717, 1.165) is 11.1 Å². The maximum atomic E-state index is 12.0. The van der Waals surface area contributed by atoms with E-state index in [1.54, 1.807) is 19.2 Å². The van der Waals surface area contributed by atoms with Crippen LogP contribution in [0.4, 0.5) is 0 Å². The van der Waals surface area contributed by atoms with Gasteiger partial charge in [-0.3, -0.25) is 4.79 Å². The van der Waals surface area contributed by atoms with E-state index in [4.69, 9.17) is 9.47 Å². The highest BCUT2D eigenvalue weighted by molar-refractivity contribution is 5.85. The van der Waals surface area contributed by atoms with Crippen LogP contribution < -0.4 is 14.6 Å². The highest BCUT2D eigenvalue weighted by Gasteiger charge is 2.30. The van der Waals surface area contributed by atoms with Crippen LogP contribution in [0.3, 0.4) is 0 Å². The van der Waals surface area contributed by atoms with Crippen molar-refractivity contribution in [3.63, 3.8) is 0 Å². The molecule has 0 spiro atoms. The molecule has 1 heterocycles. The van der Waals surface area contributed by atoms with Crippen molar-refractivity contribution in [1.29, 1.82) is 0 Å². The molecular formula is C20H20NO5-. The lowest BCUT2D eigenvalue weighted by Crippen LogP contribution is -2.33. The van der Waals surface area contributed by atoms with E-state index in [1.165, 1.54) is 4.90 Å². The molecule has 1 atom stereocenters. The van der Waals surface area contributed by atoms with E-state index >= 15 is 0 Å². The van der Waals surface area contributed by atoms with Crippen molar-refractivity contribution < 1.29 is 24.2 Å². The first-order valence-corrected chi connectivity index (χ1v) is 8.39. The zero-order valence-electron chi connectivity index (χ0n) is 14.5. The predicted octanol–water partition coefficient (Wildman–Crippen LogP) is 1.37. The van der Waals surface area contributed by atoms with E-state index in [1.807, 2.05) is 36.4 Å². The molecule has 0 aliphatic carbocycles. The van der Waals surface area contributed by atoms with Gasteiger partial charge in [0.15, 0.2) is 11.5 Å². The van der Waals surface area contributed by atoms with E-state index in [-0.39, 0.29) is 18.9 Å². The van der Waals surface area contributed by atoms with Gasteiger partial charge in [-0.1, -0.05) is 36.4 Å². The molecule has 1 saturated heterocycles. The zero-order chi connectivity index (χ0) is 18.5. The molecule has 2 aromatic carbocycles. The third kappa shape index (κ3) is 4.14. The zero-order valence-corrected chi connectivity index (χ0v) is 14.5. The Labute approximate surface area is 152 Å². The third-order valence-corrected chi connectivity index (χ3v) is 4.39. The van der Waals surface area contributed by atoms with Crippen LogP contribution in [0.5, 0.6) is 11.5 Å². The van der Waals surface area contributed by atoms with Gasteiger partial charge >= 0.3 is 0 Å². The Morgan fingerprint density at radius 1 is 1.15 bits per heavy atom. The molecule has 1 aliphatic rings. The first-order chi connectivity index (χ1) is 12.6. The topological polar surface area (TPSA) is 78.9 Å². The fourth-order valence-corrected chi connectivity index (χ4v) is 2.97. The summed E-state index contributed by atoms with van der Waals surface area (Å²) in [6, 6.07) is 15.3. The maximum absolute atomic E-state index is 12.0. The molecule has 0 aromatic heterocycles. The van der Waals surface area contributed by atoms with Crippen molar-refractivity contribution >= 4 is 11.9 Å². The average molecular weight is 354 g/mol. The fourth-order valence-electron chi connectivity index (χ4n) is 2.97. The highest BCUT2D eigenvalue weighted by Crippen LogP contribution is 2.30. The highest BCUT2D eigenvalue weighted by atomic mass is 16.5. The van der Waals surface area contributed by atoms with Gasteiger partial charge in [0, 0.05) is 31.4 Å². The molecule has 2 aromatic rings. The van der Waals surface area contributed by atoms with Crippen molar-refractivity contribution in [2.24, 2.45) is 5.92 Å². The number of benzene rings is 2. The van der Waals surface area contributed by atoms with Crippen molar-refractivity contribution in [2.75, 3.05) is 13.7 Å². The number of rotatable bonds is 7. The molecule has 1 amide bonds. The summed E-state index contributed by atoms with van der Waals surface area (Å²) in [5, 5.41) is 11.0. The number of carbonyl (C=O) groups is 2. The second-order valence-corrected chi connectivity index (χ2v) is 6.25. The van der Waals surface area contributed by atoms with Crippen molar-refractivity contribution in [3.8, 4) is 11.5 Å². The predicted molar refractivity (Wildman–Crippen MR) is 92.3 cm³/mol. The smallest absolute Gasteiger partial charge is 0.223 e. The standard InChI is InChI=1S/C20H21NO5/c1-25-18-9-15(11-21-12-16(20(23)24)10-19(21)22)7-8-17(18)26-13-14-5-3-2-4-6-14/h2-9,16H,10-13H2,1H3,(H,23,24)/p-1/t16-/m1/s1. The van der Waals surface area contributed by atoms with E-state index in [9.17, 15) is 14.7 Å². The molecule has 3 rings (SSSR count). The Hall–Kier alpha value is -3.02. The second kappa shape index (κ2) is 7.91. The average Bonchev–Trinajstić information content (AvgIpc) is 3.02. The van der Waals surface area contributed by atoms with Crippen LogP contribution >= 0.6 is 0 Å². The van der Waals surface area contributed by atoms with Gasteiger partial charge in [0.05, 0.1) is 7.11 Å². The molecule has 0 radical (unpaired) electrons. The summed E-state index contributed by atoms with van der Waals surface area (Å²) in [5.74, 6) is -0.912. The van der Waals surface area contributed by atoms with Gasteiger partial charge in [0.25, 0.3) is 0 Å². The Kier molecular flexibility index (Phi) is 5.41. The second-order valence-electron chi connectivity index (χ2n) is 6.25. The number of nitrogens with zero attached hydrogens (tertiary/aromatic N) is 1. The van der Waals surface area contributed by atoms with Crippen molar-refractivity contribution in [1.82, 2.24) is 4.90 Å². The summed E-state index contributed by atoms with van der Waals surface area (Å²) in [6.45, 7) is 0.933. The first-order valence-electron chi connectivity index (χ1n) is 8.39. The SMILES string of the molecule is COc1cc(CN2C[C@H](C(=O)[O-])CC2=O)ccc1OCc1ccccc1. The Morgan fingerprint density at radius 2 is 1.92 bits per heavy atom. The largest absolute Gasteiger partial charge is 0.550 e. The molecule has 1 aliphatic heterocycles. The summed E-state index contributed by atoms with van der Waals surface area (Å²) in [6.07, 6.45) is -0.00224.